The summed E-state index contributed by atoms with van der Waals surface area (Å²) in [6.45, 7) is 7.15. The minimum Gasteiger partial charge on any atom is -0.466 e. The highest BCUT2D eigenvalue weighted by molar-refractivity contribution is 6.02. The van der Waals surface area contributed by atoms with E-state index >= 15 is 0 Å². The number of hydrogen-bond donors (Lipinski definition) is 0. The third-order valence-corrected chi connectivity index (χ3v) is 4.08. The molecule has 0 aromatic carbocycles. The molecule has 0 heterocycles. The van der Waals surface area contributed by atoms with Crippen molar-refractivity contribution in [1.82, 2.24) is 0 Å². The Bertz CT molecular complexity index is 669. The van der Waals surface area contributed by atoms with Crippen molar-refractivity contribution < 1.29 is 38.2 Å². The molecule has 0 saturated heterocycles. The lowest BCUT2D eigenvalue weighted by Crippen LogP contribution is -2.29. The van der Waals surface area contributed by atoms with Gasteiger partial charge in [0.05, 0.1) is 31.2 Å². The topological polar surface area (TPSA) is 113 Å². The Morgan fingerprint density at radius 1 is 1.03 bits per heavy atom. The van der Waals surface area contributed by atoms with Crippen molar-refractivity contribution in [2.45, 2.75) is 65.4 Å². The molecule has 8 heteroatoms. The average molecular weight is 410 g/mol. The van der Waals surface area contributed by atoms with Crippen LogP contribution in [0.3, 0.4) is 0 Å². The van der Waals surface area contributed by atoms with E-state index in [0.717, 1.165) is 0 Å². The number of carbonyl (C=O) groups is 5. The maximum absolute atomic E-state index is 12.2. The predicted octanol–water partition coefficient (Wildman–Crippen LogP) is 2.12. The fourth-order valence-corrected chi connectivity index (χ4v) is 2.63. The molecule has 0 aromatic rings. The Kier molecular flexibility index (Phi) is 9.88. The van der Waals surface area contributed by atoms with Crippen LogP contribution in [-0.4, -0.2) is 54.7 Å². The molecule has 1 atom stereocenters. The number of Topliss-reactive ketones (excluding diaryl/α,β-unsaturated/α-hetero) is 2. The van der Waals surface area contributed by atoms with Crippen molar-refractivity contribution in [2.75, 3.05) is 19.8 Å². The van der Waals surface area contributed by atoms with Crippen LogP contribution < -0.4 is 0 Å². The quantitative estimate of drug-likeness (QED) is 0.306. The van der Waals surface area contributed by atoms with Gasteiger partial charge in [0, 0.05) is 19.3 Å². The number of carbonyl (C=O) groups excluding carboxylic acids is 5. The lowest BCUT2D eigenvalue weighted by atomic mass is 9.88. The second kappa shape index (κ2) is 11.6. The van der Waals surface area contributed by atoms with Gasteiger partial charge in [-0.2, -0.15) is 0 Å². The van der Waals surface area contributed by atoms with Crippen molar-refractivity contribution >= 4 is 29.3 Å². The largest absolute Gasteiger partial charge is 0.466 e. The van der Waals surface area contributed by atoms with Crippen molar-refractivity contribution in [2.24, 2.45) is 5.92 Å². The highest BCUT2D eigenvalue weighted by Gasteiger charge is 2.28. The molecule has 29 heavy (non-hydrogen) atoms. The molecule has 1 fully saturated rings. The van der Waals surface area contributed by atoms with Gasteiger partial charge < -0.3 is 14.2 Å². The van der Waals surface area contributed by atoms with E-state index in [0.29, 0.717) is 5.57 Å². The molecule has 0 amide bonds. The molecule has 1 aliphatic carbocycles. The predicted molar refractivity (Wildman–Crippen MR) is 103 cm³/mol. The van der Waals surface area contributed by atoms with Crippen molar-refractivity contribution in [3.05, 3.63) is 11.6 Å². The standard InChI is InChI=1S/C21H30O8/c1-5-27-20(26)11-17(23)8-14(12-29-21(2,3)4)9-19(25)28-13-15-10-16(22)6-7-18(15)24/h8,15H,5-7,9-13H2,1-4H3/b14-8+. The molecule has 0 spiro atoms. The van der Waals surface area contributed by atoms with E-state index in [2.05, 4.69) is 0 Å². The van der Waals surface area contributed by atoms with Crippen LogP contribution in [0.2, 0.25) is 0 Å². The van der Waals surface area contributed by atoms with Crippen molar-refractivity contribution in [1.29, 1.82) is 0 Å². The van der Waals surface area contributed by atoms with Gasteiger partial charge in [0.25, 0.3) is 0 Å². The number of ether oxygens (including phenoxy) is 3. The summed E-state index contributed by atoms with van der Waals surface area (Å²) in [5.41, 5.74) is -0.146. The number of esters is 2. The maximum atomic E-state index is 12.2. The van der Waals surface area contributed by atoms with Crippen LogP contribution in [-0.2, 0) is 38.2 Å². The first kappa shape index (κ1) is 24.7. The summed E-state index contributed by atoms with van der Waals surface area (Å²) in [5.74, 6) is -2.50. The van der Waals surface area contributed by atoms with E-state index in [1.54, 1.807) is 6.92 Å². The van der Waals surface area contributed by atoms with Crippen LogP contribution in [0.1, 0.15) is 59.8 Å². The van der Waals surface area contributed by atoms with Gasteiger partial charge in [0.15, 0.2) is 5.78 Å². The molecule has 1 aliphatic rings. The summed E-state index contributed by atoms with van der Waals surface area (Å²) in [6.07, 6.45) is 1.04. The van der Waals surface area contributed by atoms with Crippen LogP contribution in [0.15, 0.2) is 11.6 Å². The van der Waals surface area contributed by atoms with Crippen LogP contribution in [0, 0.1) is 5.92 Å². The summed E-state index contributed by atoms with van der Waals surface area (Å²) in [5, 5.41) is 0. The Morgan fingerprint density at radius 2 is 1.69 bits per heavy atom. The first-order valence-electron chi connectivity index (χ1n) is 9.72. The van der Waals surface area contributed by atoms with E-state index in [9.17, 15) is 24.0 Å². The summed E-state index contributed by atoms with van der Waals surface area (Å²) in [7, 11) is 0. The van der Waals surface area contributed by atoms with Gasteiger partial charge in [-0.15, -0.1) is 0 Å². The van der Waals surface area contributed by atoms with E-state index in [-0.39, 0.29) is 57.1 Å². The van der Waals surface area contributed by atoms with Gasteiger partial charge in [-0.25, -0.2) is 0 Å². The van der Waals surface area contributed by atoms with Gasteiger partial charge in [-0.1, -0.05) is 0 Å². The summed E-state index contributed by atoms with van der Waals surface area (Å²) >= 11 is 0. The zero-order chi connectivity index (χ0) is 22.0. The monoisotopic (exact) mass is 410 g/mol. The smallest absolute Gasteiger partial charge is 0.313 e. The third kappa shape index (κ3) is 10.7. The van der Waals surface area contributed by atoms with Crippen molar-refractivity contribution in [3.63, 3.8) is 0 Å². The van der Waals surface area contributed by atoms with Crippen molar-refractivity contribution in [3.8, 4) is 0 Å². The minimum atomic E-state index is -0.645. The van der Waals surface area contributed by atoms with E-state index < -0.39 is 35.7 Å². The minimum absolute atomic E-state index is 0.00795. The zero-order valence-corrected chi connectivity index (χ0v) is 17.6. The third-order valence-electron chi connectivity index (χ3n) is 4.08. The van der Waals surface area contributed by atoms with Crippen LogP contribution in [0.4, 0.5) is 0 Å². The van der Waals surface area contributed by atoms with Gasteiger partial charge in [-0.05, 0) is 39.3 Å². The van der Waals surface area contributed by atoms with Gasteiger partial charge in [0.2, 0.25) is 0 Å². The fraction of sp³-hybridized carbons (Fsp3) is 0.667. The first-order chi connectivity index (χ1) is 13.5. The molecule has 1 unspecified atom stereocenters. The second-order valence-electron chi connectivity index (χ2n) is 7.92. The molecule has 0 N–H and O–H groups in total. The van der Waals surface area contributed by atoms with Crippen LogP contribution in [0.5, 0.6) is 0 Å². The highest BCUT2D eigenvalue weighted by atomic mass is 16.5. The molecule has 162 valence electrons. The number of ketones is 3. The van der Waals surface area contributed by atoms with E-state index in [1.165, 1.54) is 6.08 Å². The zero-order valence-electron chi connectivity index (χ0n) is 17.6. The Morgan fingerprint density at radius 3 is 2.31 bits per heavy atom. The van der Waals surface area contributed by atoms with Gasteiger partial charge >= 0.3 is 11.9 Å². The number of hydrogen-bond acceptors (Lipinski definition) is 8. The molecule has 1 rings (SSSR count). The molecular weight excluding hydrogens is 380 g/mol. The molecule has 0 aromatic heterocycles. The molecule has 0 radical (unpaired) electrons. The van der Waals surface area contributed by atoms with Crippen LogP contribution >= 0.6 is 0 Å². The van der Waals surface area contributed by atoms with Gasteiger partial charge in [-0.3, -0.25) is 24.0 Å². The lowest BCUT2D eigenvalue weighted by Gasteiger charge is -2.21. The van der Waals surface area contributed by atoms with Crippen LogP contribution in [0.25, 0.3) is 0 Å². The normalized spacial score (nSPS) is 17.8. The number of allylic oxidation sites excluding steroid dienone is 1. The Labute approximate surface area is 170 Å². The lowest BCUT2D eigenvalue weighted by molar-refractivity contribution is -0.148. The molecule has 0 bridgehead atoms. The SMILES string of the molecule is CCOC(=O)CC(=O)/C=C(/COC(C)(C)C)CC(=O)OCC1CC(=O)CCC1=O. The Hall–Kier alpha value is -2.35. The average Bonchev–Trinajstić information content (AvgIpc) is 2.60. The first-order valence-corrected chi connectivity index (χ1v) is 9.72. The van der Waals surface area contributed by atoms with E-state index in [1.807, 2.05) is 20.8 Å². The van der Waals surface area contributed by atoms with Gasteiger partial charge in [0.1, 0.15) is 24.6 Å². The molecule has 1 saturated carbocycles. The Balaban J connectivity index is 2.69. The molecular formula is C21H30O8. The highest BCUT2D eigenvalue weighted by Crippen LogP contribution is 2.19. The molecule has 8 nitrogen and oxygen atoms in total. The maximum Gasteiger partial charge on any atom is 0.313 e. The summed E-state index contributed by atoms with van der Waals surface area (Å²) in [4.78, 5) is 59.0. The summed E-state index contributed by atoms with van der Waals surface area (Å²) in [6, 6.07) is 0. The van der Waals surface area contributed by atoms with E-state index in [4.69, 9.17) is 14.2 Å². The second-order valence-corrected chi connectivity index (χ2v) is 7.92. The fourth-order valence-electron chi connectivity index (χ4n) is 2.63. The summed E-state index contributed by atoms with van der Waals surface area (Å²) < 4.78 is 15.5. The number of rotatable bonds is 10. The molecule has 0 aliphatic heterocycles.